The van der Waals surface area contributed by atoms with Crippen molar-refractivity contribution in [1.82, 2.24) is 0 Å². The Morgan fingerprint density at radius 1 is 1.50 bits per heavy atom. The number of hydrogen-bond acceptors (Lipinski definition) is 0. The lowest BCUT2D eigenvalue weighted by Crippen LogP contribution is -2.04. The van der Waals surface area contributed by atoms with Gasteiger partial charge in [-0.15, -0.1) is 0 Å². The number of halogens is 3. The molecule has 4 heteroatoms. The van der Waals surface area contributed by atoms with E-state index in [1.165, 1.54) is 0 Å². The molecule has 0 aliphatic rings. The van der Waals surface area contributed by atoms with Crippen LogP contribution < -0.4 is 0 Å². The van der Waals surface area contributed by atoms with E-state index < -0.39 is 11.4 Å². The van der Waals surface area contributed by atoms with E-state index in [-0.39, 0.29) is 0 Å². The van der Waals surface area contributed by atoms with Gasteiger partial charge in [0.2, 0.25) is 5.01 Å². The van der Waals surface area contributed by atoms with Gasteiger partial charge in [-0.05, 0) is 15.9 Å². The van der Waals surface area contributed by atoms with Crippen LogP contribution >= 0.6 is 15.9 Å². The molecule has 0 amide bonds. The first-order chi connectivity index (χ1) is 2.64. The van der Waals surface area contributed by atoms with Crippen LogP contribution in [0.5, 0.6) is 0 Å². The zero-order valence-corrected chi connectivity index (χ0v) is 4.28. The fraction of sp³-hybridized carbons (Fsp3) is 1.00. The summed E-state index contributed by atoms with van der Waals surface area (Å²) in [5.74, 6) is 0. The minimum atomic E-state index is -2.79. The summed E-state index contributed by atoms with van der Waals surface area (Å²) in [4.78, 5) is 0. The van der Waals surface area contributed by atoms with Crippen molar-refractivity contribution in [3.05, 3.63) is 0 Å². The first-order valence-electron chi connectivity index (χ1n) is 1.22. The summed E-state index contributed by atoms with van der Waals surface area (Å²) in [5, 5.41) is 7.47. The number of hydrogen-bond donors (Lipinski definition) is 0. The molecule has 0 bridgehead atoms. The molecule has 0 spiro atoms. The molecule has 0 aromatic rings. The van der Waals surface area contributed by atoms with Crippen molar-refractivity contribution in [3.63, 3.8) is 0 Å². The molecule has 1 atom stereocenters. The second kappa shape index (κ2) is 2.47. The molecule has 0 heterocycles. The Kier molecular flexibility index (Phi) is 2.59. The third kappa shape index (κ3) is 2.53. The Morgan fingerprint density at radius 2 is 1.67 bits per heavy atom. The monoisotopic (exact) mass is 159 g/mol. The average Bonchev–Trinajstić information content (AvgIpc) is 1.36. The van der Waals surface area contributed by atoms with Crippen molar-refractivity contribution in [2.75, 3.05) is 0 Å². The van der Waals surface area contributed by atoms with E-state index in [4.69, 9.17) is 0 Å². The van der Waals surface area contributed by atoms with Gasteiger partial charge in [-0.1, -0.05) is 0 Å². The molecule has 1 radical (unpaired) electrons. The lowest BCUT2D eigenvalue weighted by atomic mass is 10.8. The maximum Gasteiger partial charge on any atom is 0.277 e. The van der Waals surface area contributed by atoms with Gasteiger partial charge in [0.25, 0.3) is 6.43 Å². The van der Waals surface area contributed by atoms with Gasteiger partial charge in [0.05, 0.1) is 0 Å². The summed E-state index contributed by atoms with van der Waals surface area (Å²) in [6.07, 6.45) is -2.79. The highest BCUT2D eigenvalue weighted by atomic mass is 79.9. The topological polar surface area (TPSA) is 19.9 Å². The molecule has 0 aliphatic carbocycles. The van der Waals surface area contributed by atoms with E-state index in [9.17, 15) is 13.9 Å². The van der Waals surface area contributed by atoms with Crippen molar-refractivity contribution in [3.8, 4) is 0 Å². The summed E-state index contributed by atoms with van der Waals surface area (Å²) in [5.41, 5.74) is 0. The standard InChI is InChI=1S/C2H2BrF2O/c3-1(6)2(4)5/h1-2H. The largest absolute Gasteiger partial charge is 0.277 e. The van der Waals surface area contributed by atoms with Gasteiger partial charge in [-0.2, -0.15) is 0 Å². The average molecular weight is 160 g/mol. The third-order valence-electron chi connectivity index (χ3n) is 0.198. The van der Waals surface area contributed by atoms with Crippen LogP contribution in [0.4, 0.5) is 8.78 Å². The Labute approximate surface area is 42.1 Å². The second-order valence-electron chi connectivity index (χ2n) is 0.686. The normalized spacial score (nSPS) is 15.5. The molecule has 37 valence electrons. The molecule has 0 aliphatic heterocycles. The molecule has 6 heavy (non-hydrogen) atoms. The molecule has 0 fully saturated rings. The summed E-state index contributed by atoms with van der Waals surface area (Å²) in [6, 6.07) is 0. The predicted molar refractivity (Wildman–Crippen MR) is 19.4 cm³/mol. The van der Waals surface area contributed by atoms with Gasteiger partial charge in [-0.3, -0.25) is 0 Å². The van der Waals surface area contributed by atoms with Crippen molar-refractivity contribution < 1.29 is 13.9 Å². The molecular formula is C2H2BrF2O. The van der Waals surface area contributed by atoms with Crippen LogP contribution in [0.1, 0.15) is 0 Å². The maximum atomic E-state index is 10.8. The van der Waals surface area contributed by atoms with E-state index >= 15 is 0 Å². The zero-order valence-electron chi connectivity index (χ0n) is 2.70. The van der Waals surface area contributed by atoms with E-state index in [2.05, 4.69) is 15.9 Å². The fourth-order valence-corrected chi connectivity index (χ4v) is 0. The second-order valence-corrected chi connectivity index (χ2v) is 1.59. The highest BCUT2D eigenvalue weighted by molar-refractivity contribution is 9.09. The minimum absolute atomic E-state index is 1.92. The lowest BCUT2D eigenvalue weighted by Gasteiger charge is -1.91. The van der Waals surface area contributed by atoms with E-state index in [1.807, 2.05) is 0 Å². The van der Waals surface area contributed by atoms with Gasteiger partial charge in [0, 0.05) is 0 Å². The lowest BCUT2D eigenvalue weighted by molar-refractivity contribution is 0.0134. The molecule has 0 aromatic carbocycles. The van der Waals surface area contributed by atoms with E-state index in [0.29, 0.717) is 0 Å². The van der Waals surface area contributed by atoms with Crippen LogP contribution in [0.2, 0.25) is 0 Å². The maximum absolute atomic E-state index is 10.8. The Morgan fingerprint density at radius 3 is 1.67 bits per heavy atom. The third-order valence-corrected chi connectivity index (χ3v) is 0.598. The summed E-state index contributed by atoms with van der Waals surface area (Å²) in [6.45, 7) is 0. The predicted octanol–water partition coefficient (Wildman–Crippen LogP) is 1.40. The van der Waals surface area contributed by atoms with Crippen LogP contribution in [-0.2, 0) is 5.11 Å². The molecule has 0 saturated heterocycles. The Bertz CT molecular complexity index is 32.5. The van der Waals surface area contributed by atoms with Crippen molar-refractivity contribution in [2.24, 2.45) is 0 Å². The Hall–Kier alpha value is 0.300. The molecule has 1 nitrogen and oxygen atoms in total. The van der Waals surface area contributed by atoms with Crippen LogP contribution in [-0.4, -0.2) is 11.4 Å². The van der Waals surface area contributed by atoms with Crippen LogP contribution in [0.3, 0.4) is 0 Å². The quantitative estimate of drug-likeness (QED) is 0.516. The fourth-order valence-electron chi connectivity index (χ4n) is 0. The van der Waals surface area contributed by atoms with Crippen LogP contribution in [0.25, 0.3) is 0 Å². The van der Waals surface area contributed by atoms with Crippen molar-refractivity contribution in [1.29, 1.82) is 0 Å². The van der Waals surface area contributed by atoms with E-state index in [1.54, 1.807) is 0 Å². The smallest absolute Gasteiger partial charge is 0.214 e. The molecule has 0 aromatic heterocycles. The first-order valence-corrected chi connectivity index (χ1v) is 2.14. The van der Waals surface area contributed by atoms with Gasteiger partial charge in [-0.25, -0.2) is 13.9 Å². The Balaban J connectivity index is 2.99. The van der Waals surface area contributed by atoms with Crippen LogP contribution in [0, 0.1) is 0 Å². The molecule has 1 unspecified atom stereocenters. The number of alkyl halides is 3. The highest BCUT2D eigenvalue weighted by Gasteiger charge is 2.12. The zero-order chi connectivity index (χ0) is 5.15. The van der Waals surface area contributed by atoms with Crippen molar-refractivity contribution >= 4 is 15.9 Å². The van der Waals surface area contributed by atoms with Gasteiger partial charge < -0.3 is 0 Å². The molecule has 0 saturated carbocycles. The van der Waals surface area contributed by atoms with Gasteiger partial charge in [0.15, 0.2) is 0 Å². The minimum Gasteiger partial charge on any atom is -0.214 e. The molecule has 0 rings (SSSR count). The number of rotatable bonds is 1. The molecule has 0 N–H and O–H groups in total. The SMILES string of the molecule is [O]C(Br)C(F)F. The summed E-state index contributed by atoms with van der Waals surface area (Å²) >= 11 is 2.13. The van der Waals surface area contributed by atoms with Crippen LogP contribution in [0.15, 0.2) is 0 Å². The van der Waals surface area contributed by atoms with E-state index in [0.717, 1.165) is 0 Å². The molecular weight excluding hydrogens is 158 g/mol. The first kappa shape index (κ1) is 6.30. The van der Waals surface area contributed by atoms with Crippen molar-refractivity contribution in [2.45, 2.75) is 11.4 Å². The highest BCUT2D eigenvalue weighted by Crippen LogP contribution is 2.06. The summed E-state index contributed by atoms with van der Waals surface area (Å²) < 4.78 is 21.6. The van der Waals surface area contributed by atoms with Gasteiger partial charge in [0.1, 0.15) is 0 Å². The summed E-state index contributed by atoms with van der Waals surface area (Å²) in [7, 11) is 0. The van der Waals surface area contributed by atoms with Gasteiger partial charge >= 0.3 is 0 Å².